The quantitative estimate of drug-likeness (QED) is 0.782. The molecule has 2 aliphatic carbocycles. The molecule has 1 saturated heterocycles. The minimum Gasteiger partial charge on any atom is -0.352 e. The van der Waals surface area contributed by atoms with Crippen LogP contribution in [0.15, 0.2) is 30.3 Å². The molecule has 0 unspecified atom stereocenters. The van der Waals surface area contributed by atoms with Gasteiger partial charge in [-0.3, -0.25) is 9.69 Å². The van der Waals surface area contributed by atoms with E-state index in [4.69, 9.17) is 5.73 Å². The zero-order valence-electron chi connectivity index (χ0n) is 14.8. The zero-order chi connectivity index (χ0) is 16.5. The average molecular weight is 364 g/mol. The van der Waals surface area contributed by atoms with Gasteiger partial charge >= 0.3 is 0 Å². The fourth-order valence-electron chi connectivity index (χ4n) is 4.37. The highest BCUT2D eigenvalue weighted by molar-refractivity contribution is 5.85. The van der Waals surface area contributed by atoms with E-state index >= 15 is 0 Å². The number of nitrogens with zero attached hydrogens (tertiary/aromatic N) is 1. The molecular weight excluding hydrogens is 334 g/mol. The standard InChI is InChI=1S/C20H29N3O.ClH/c21-10-17-11-23(12-18(17)14-4-2-1-3-5-14)13-19(24)22-20(15-6-7-15)16-8-9-16;/h1-5,15-18,20H,6-13,21H2,(H,22,24);1H/t17-,18+;/m1./s1. The van der Waals surface area contributed by atoms with E-state index in [1.807, 2.05) is 0 Å². The Kier molecular flexibility index (Phi) is 6.03. The second-order valence-electron chi connectivity index (χ2n) is 7.98. The lowest BCUT2D eigenvalue weighted by Crippen LogP contribution is -2.43. The summed E-state index contributed by atoms with van der Waals surface area (Å²) in [5.41, 5.74) is 7.36. The summed E-state index contributed by atoms with van der Waals surface area (Å²) < 4.78 is 0. The second-order valence-corrected chi connectivity index (χ2v) is 7.98. The summed E-state index contributed by atoms with van der Waals surface area (Å²) in [7, 11) is 0. The topological polar surface area (TPSA) is 58.4 Å². The van der Waals surface area contributed by atoms with Crippen LogP contribution >= 0.6 is 12.4 Å². The first kappa shape index (κ1) is 18.7. The van der Waals surface area contributed by atoms with Crippen molar-refractivity contribution in [3.05, 3.63) is 35.9 Å². The summed E-state index contributed by atoms with van der Waals surface area (Å²) in [5, 5.41) is 3.34. The molecule has 1 aromatic rings. The van der Waals surface area contributed by atoms with Gasteiger partial charge in [0, 0.05) is 25.0 Å². The molecule has 1 amide bonds. The number of nitrogens with one attached hydrogen (secondary N) is 1. The first-order chi connectivity index (χ1) is 11.7. The number of hydrogen-bond donors (Lipinski definition) is 2. The fourth-order valence-corrected chi connectivity index (χ4v) is 4.37. The molecule has 0 radical (unpaired) electrons. The van der Waals surface area contributed by atoms with Crippen LogP contribution < -0.4 is 11.1 Å². The molecule has 138 valence electrons. The van der Waals surface area contributed by atoms with Gasteiger partial charge in [-0.2, -0.15) is 0 Å². The molecule has 4 nitrogen and oxygen atoms in total. The number of rotatable bonds is 7. The van der Waals surface area contributed by atoms with Crippen molar-refractivity contribution in [3.8, 4) is 0 Å². The van der Waals surface area contributed by atoms with Gasteiger partial charge in [0.25, 0.3) is 0 Å². The number of nitrogens with two attached hydrogens (primary N) is 1. The van der Waals surface area contributed by atoms with E-state index in [0.29, 0.717) is 31.0 Å². The Morgan fingerprint density at radius 1 is 1.12 bits per heavy atom. The lowest BCUT2D eigenvalue weighted by Gasteiger charge is -2.21. The highest BCUT2D eigenvalue weighted by atomic mass is 35.5. The Hall–Kier alpha value is -1.10. The van der Waals surface area contributed by atoms with E-state index in [1.54, 1.807) is 0 Å². The largest absolute Gasteiger partial charge is 0.352 e. The van der Waals surface area contributed by atoms with Crippen LogP contribution in [0, 0.1) is 17.8 Å². The summed E-state index contributed by atoms with van der Waals surface area (Å²) in [6.45, 7) is 3.08. The molecule has 2 saturated carbocycles. The summed E-state index contributed by atoms with van der Waals surface area (Å²) >= 11 is 0. The van der Waals surface area contributed by atoms with Crippen molar-refractivity contribution in [2.75, 3.05) is 26.2 Å². The Bertz CT molecular complexity index is 562. The number of likely N-dealkylation sites (tertiary alicyclic amines) is 1. The maximum absolute atomic E-state index is 12.5. The van der Waals surface area contributed by atoms with Crippen LogP contribution in [0.2, 0.25) is 0 Å². The second kappa shape index (κ2) is 8.07. The SMILES string of the molecule is Cl.NC[C@@H]1CN(CC(=O)NC(C2CC2)C2CC2)C[C@H]1c1ccccc1. The van der Waals surface area contributed by atoms with Gasteiger partial charge in [-0.25, -0.2) is 0 Å². The number of carbonyl (C=O) groups excluding carboxylic acids is 1. The average Bonchev–Trinajstić information content (AvgIpc) is 3.51. The molecule has 1 aromatic carbocycles. The van der Waals surface area contributed by atoms with Crippen molar-refractivity contribution >= 4 is 18.3 Å². The Labute approximate surface area is 156 Å². The number of amides is 1. The van der Waals surface area contributed by atoms with E-state index in [2.05, 4.69) is 40.5 Å². The Morgan fingerprint density at radius 3 is 2.32 bits per heavy atom. The van der Waals surface area contributed by atoms with Crippen LogP contribution in [-0.4, -0.2) is 43.0 Å². The van der Waals surface area contributed by atoms with Crippen LogP contribution in [0.5, 0.6) is 0 Å². The molecule has 3 fully saturated rings. The van der Waals surface area contributed by atoms with Gasteiger partial charge in [-0.05, 0) is 55.5 Å². The normalized spacial score (nSPS) is 26.5. The van der Waals surface area contributed by atoms with Crippen LogP contribution in [-0.2, 0) is 4.79 Å². The van der Waals surface area contributed by atoms with Crippen molar-refractivity contribution in [1.82, 2.24) is 10.2 Å². The third-order valence-electron chi connectivity index (χ3n) is 6.00. The van der Waals surface area contributed by atoms with Gasteiger partial charge in [-0.1, -0.05) is 30.3 Å². The molecule has 1 heterocycles. The highest BCUT2D eigenvalue weighted by Crippen LogP contribution is 2.44. The lowest BCUT2D eigenvalue weighted by molar-refractivity contribution is -0.123. The minimum atomic E-state index is 0. The van der Waals surface area contributed by atoms with E-state index < -0.39 is 0 Å². The first-order valence-electron chi connectivity index (χ1n) is 9.51. The zero-order valence-corrected chi connectivity index (χ0v) is 15.6. The van der Waals surface area contributed by atoms with Gasteiger partial charge in [-0.15, -0.1) is 12.4 Å². The predicted octanol–water partition coefficient (Wildman–Crippen LogP) is 2.39. The predicted molar refractivity (Wildman–Crippen MR) is 103 cm³/mol. The summed E-state index contributed by atoms with van der Waals surface area (Å²) in [5.74, 6) is 2.63. The number of halogens is 1. The van der Waals surface area contributed by atoms with Crippen LogP contribution in [0.4, 0.5) is 0 Å². The molecule has 4 rings (SSSR count). The third kappa shape index (κ3) is 4.55. The minimum absolute atomic E-state index is 0. The van der Waals surface area contributed by atoms with Crippen molar-refractivity contribution < 1.29 is 4.79 Å². The van der Waals surface area contributed by atoms with Crippen molar-refractivity contribution in [3.63, 3.8) is 0 Å². The fraction of sp³-hybridized carbons (Fsp3) is 0.650. The van der Waals surface area contributed by atoms with Crippen LogP contribution in [0.1, 0.15) is 37.2 Å². The molecule has 25 heavy (non-hydrogen) atoms. The summed E-state index contributed by atoms with van der Waals surface area (Å²) in [6, 6.07) is 11.1. The molecule has 5 heteroatoms. The van der Waals surface area contributed by atoms with Crippen molar-refractivity contribution in [2.45, 2.75) is 37.6 Å². The molecule has 0 aromatic heterocycles. The van der Waals surface area contributed by atoms with Crippen LogP contribution in [0.25, 0.3) is 0 Å². The van der Waals surface area contributed by atoms with Gasteiger partial charge in [0.1, 0.15) is 0 Å². The lowest BCUT2D eigenvalue weighted by atomic mass is 9.89. The number of carbonyl (C=O) groups is 1. The van der Waals surface area contributed by atoms with E-state index in [1.165, 1.54) is 31.2 Å². The molecule has 1 aliphatic heterocycles. The number of hydrogen-bond acceptors (Lipinski definition) is 3. The molecule has 0 spiro atoms. The summed E-state index contributed by atoms with van der Waals surface area (Å²) in [4.78, 5) is 14.8. The summed E-state index contributed by atoms with van der Waals surface area (Å²) in [6.07, 6.45) is 5.21. The van der Waals surface area contributed by atoms with E-state index in [0.717, 1.165) is 24.9 Å². The van der Waals surface area contributed by atoms with Crippen LogP contribution in [0.3, 0.4) is 0 Å². The monoisotopic (exact) mass is 363 g/mol. The van der Waals surface area contributed by atoms with E-state index in [-0.39, 0.29) is 18.3 Å². The van der Waals surface area contributed by atoms with Crippen molar-refractivity contribution in [1.29, 1.82) is 0 Å². The smallest absolute Gasteiger partial charge is 0.234 e. The molecule has 2 atom stereocenters. The third-order valence-corrected chi connectivity index (χ3v) is 6.00. The molecule has 3 aliphatic rings. The van der Waals surface area contributed by atoms with Gasteiger partial charge in [0.05, 0.1) is 6.54 Å². The molecule has 3 N–H and O–H groups in total. The maximum atomic E-state index is 12.5. The van der Waals surface area contributed by atoms with Gasteiger partial charge in [0.2, 0.25) is 5.91 Å². The van der Waals surface area contributed by atoms with Crippen molar-refractivity contribution in [2.24, 2.45) is 23.5 Å². The first-order valence-corrected chi connectivity index (χ1v) is 9.51. The number of benzene rings is 1. The van der Waals surface area contributed by atoms with Gasteiger partial charge in [0.15, 0.2) is 0 Å². The van der Waals surface area contributed by atoms with E-state index in [9.17, 15) is 4.79 Å². The van der Waals surface area contributed by atoms with Gasteiger partial charge < -0.3 is 11.1 Å². The Morgan fingerprint density at radius 2 is 1.76 bits per heavy atom. The maximum Gasteiger partial charge on any atom is 0.234 e. The molecule has 0 bridgehead atoms. The highest BCUT2D eigenvalue weighted by Gasteiger charge is 2.42. The molecular formula is C20H30ClN3O. The Balaban J connectivity index is 0.00000182.